The van der Waals surface area contributed by atoms with E-state index in [-0.39, 0.29) is 5.92 Å². The lowest BCUT2D eigenvalue weighted by molar-refractivity contribution is -0.132. The molecular formula is C24H34N6O. The molecule has 3 aliphatic rings. The minimum atomic E-state index is 0.284. The molecule has 0 spiro atoms. The van der Waals surface area contributed by atoms with Gasteiger partial charge in [0.2, 0.25) is 11.9 Å². The molecule has 0 radical (unpaired) electrons. The van der Waals surface area contributed by atoms with Crippen molar-refractivity contribution in [2.24, 2.45) is 5.92 Å². The second-order valence-corrected chi connectivity index (χ2v) is 9.50. The van der Waals surface area contributed by atoms with Gasteiger partial charge in [-0.05, 0) is 44.1 Å². The Hall–Kier alpha value is -2.44. The summed E-state index contributed by atoms with van der Waals surface area (Å²) in [6.45, 7) is 3.73. The topological polar surface area (TPSA) is 78.0 Å². The second kappa shape index (κ2) is 9.37. The Bertz CT molecular complexity index is 884. The first kappa shape index (κ1) is 20.5. The Morgan fingerprint density at radius 3 is 2.74 bits per heavy atom. The summed E-state index contributed by atoms with van der Waals surface area (Å²) < 4.78 is 0. The van der Waals surface area contributed by atoms with Crippen LogP contribution in [0.4, 0.5) is 5.95 Å². The highest BCUT2D eigenvalue weighted by Gasteiger charge is 2.29. The second-order valence-electron chi connectivity index (χ2n) is 9.50. The van der Waals surface area contributed by atoms with E-state index in [1.54, 1.807) is 0 Å². The van der Waals surface area contributed by atoms with E-state index in [0.717, 1.165) is 74.3 Å². The summed E-state index contributed by atoms with van der Waals surface area (Å²) in [6, 6.07) is 1.97. The number of carbonyl (C=O) groups is 1. The minimum Gasteiger partial charge on any atom is -0.342 e. The highest BCUT2D eigenvalue weighted by atomic mass is 16.2. The van der Waals surface area contributed by atoms with E-state index in [4.69, 9.17) is 4.98 Å². The quantitative estimate of drug-likeness (QED) is 0.757. The minimum absolute atomic E-state index is 0.284. The third-order valence-electron chi connectivity index (χ3n) is 7.40. The Morgan fingerprint density at radius 2 is 1.90 bits per heavy atom. The molecule has 1 atom stereocenters. The van der Waals surface area contributed by atoms with Gasteiger partial charge in [-0.1, -0.05) is 25.7 Å². The average molecular weight is 423 g/mol. The SMILES string of the molecule is O=C(CCC1CCCC1)N1CCCC(c2[nH]ncc2-c2ccnc(N3CCCC3)n2)C1. The van der Waals surface area contributed by atoms with Crippen LogP contribution in [0.2, 0.25) is 0 Å². The Labute approximate surface area is 184 Å². The normalized spacial score (nSPS) is 22.4. The summed E-state index contributed by atoms with van der Waals surface area (Å²) in [5.41, 5.74) is 3.08. The molecule has 166 valence electrons. The molecule has 2 aromatic heterocycles. The molecule has 2 aromatic rings. The van der Waals surface area contributed by atoms with Crippen LogP contribution in [0, 0.1) is 5.92 Å². The number of anilines is 1. The first-order valence-corrected chi connectivity index (χ1v) is 12.2. The summed E-state index contributed by atoms with van der Waals surface area (Å²) in [4.78, 5) is 26.6. The molecule has 4 heterocycles. The number of aromatic amines is 1. The van der Waals surface area contributed by atoms with Crippen molar-refractivity contribution < 1.29 is 4.79 Å². The summed E-state index contributed by atoms with van der Waals surface area (Å²) in [5.74, 6) is 2.20. The average Bonchev–Trinajstić information content (AvgIpc) is 3.60. The molecule has 7 nitrogen and oxygen atoms in total. The predicted octanol–water partition coefficient (Wildman–Crippen LogP) is 4.14. The van der Waals surface area contributed by atoms with Gasteiger partial charge in [-0.25, -0.2) is 9.97 Å². The molecule has 0 aromatic carbocycles. The molecule has 0 bridgehead atoms. The molecule has 1 unspecified atom stereocenters. The fraction of sp³-hybridized carbons (Fsp3) is 0.667. The summed E-state index contributed by atoms with van der Waals surface area (Å²) in [5, 5.41) is 7.59. The zero-order valence-electron chi connectivity index (χ0n) is 18.4. The maximum Gasteiger partial charge on any atom is 0.225 e. The number of nitrogens with zero attached hydrogens (tertiary/aromatic N) is 5. The summed E-state index contributed by atoms with van der Waals surface area (Å²) in [7, 11) is 0. The van der Waals surface area contributed by atoms with Crippen LogP contribution in [0.3, 0.4) is 0 Å². The van der Waals surface area contributed by atoms with Gasteiger partial charge >= 0.3 is 0 Å². The number of carbonyl (C=O) groups excluding carboxylic acids is 1. The van der Waals surface area contributed by atoms with Crippen LogP contribution >= 0.6 is 0 Å². The van der Waals surface area contributed by atoms with Crippen molar-refractivity contribution in [3.8, 4) is 11.3 Å². The van der Waals surface area contributed by atoms with Crippen LogP contribution in [0.5, 0.6) is 0 Å². The zero-order chi connectivity index (χ0) is 21.0. The highest BCUT2D eigenvalue weighted by Crippen LogP contribution is 2.34. The maximum atomic E-state index is 12.9. The monoisotopic (exact) mass is 422 g/mol. The smallest absolute Gasteiger partial charge is 0.225 e. The number of hydrogen-bond acceptors (Lipinski definition) is 5. The number of aromatic nitrogens is 4. The zero-order valence-corrected chi connectivity index (χ0v) is 18.4. The molecule has 1 N–H and O–H groups in total. The van der Waals surface area contributed by atoms with Gasteiger partial charge in [-0.3, -0.25) is 9.89 Å². The molecule has 1 amide bonds. The molecule has 7 heteroatoms. The van der Waals surface area contributed by atoms with Crippen LogP contribution in [0.1, 0.15) is 75.8 Å². The molecule has 2 aliphatic heterocycles. The molecule has 2 saturated heterocycles. The van der Waals surface area contributed by atoms with E-state index >= 15 is 0 Å². The van der Waals surface area contributed by atoms with E-state index in [0.29, 0.717) is 12.3 Å². The third-order valence-corrected chi connectivity index (χ3v) is 7.40. The first-order valence-electron chi connectivity index (χ1n) is 12.2. The summed E-state index contributed by atoms with van der Waals surface area (Å²) >= 11 is 0. The number of piperidine rings is 1. The number of nitrogens with one attached hydrogen (secondary N) is 1. The lowest BCUT2D eigenvalue weighted by atomic mass is 9.91. The van der Waals surface area contributed by atoms with E-state index in [1.807, 2.05) is 18.5 Å². The van der Waals surface area contributed by atoms with E-state index in [2.05, 4.69) is 25.0 Å². The van der Waals surface area contributed by atoms with Crippen molar-refractivity contribution in [2.75, 3.05) is 31.1 Å². The van der Waals surface area contributed by atoms with Crippen LogP contribution < -0.4 is 4.90 Å². The lowest BCUT2D eigenvalue weighted by Gasteiger charge is -2.33. The predicted molar refractivity (Wildman–Crippen MR) is 121 cm³/mol. The van der Waals surface area contributed by atoms with Crippen molar-refractivity contribution >= 4 is 11.9 Å². The van der Waals surface area contributed by atoms with Gasteiger partial charge in [0.05, 0.1) is 11.9 Å². The molecular weight excluding hydrogens is 388 g/mol. The van der Waals surface area contributed by atoms with Crippen molar-refractivity contribution in [2.45, 2.75) is 70.1 Å². The van der Waals surface area contributed by atoms with E-state index < -0.39 is 0 Å². The van der Waals surface area contributed by atoms with Crippen LogP contribution in [-0.2, 0) is 4.79 Å². The van der Waals surface area contributed by atoms with Gasteiger partial charge in [0.1, 0.15) is 0 Å². The first-order chi connectivity index (χ1) is 15.3. The molecule has 1 saturated carbocycles. The molecule has 31 heavy (non-hydrogen) atoms. The molecule has 3 fully saturated rings. The van der Waals surface area contributed by atoms with Crippen LogP contribution in [0.25, 0.3) is 11.3 Å². The maximum absolute atomic E-state index is 12.9. The third kappa shape index (κ3) is 4.60. The molecule has 1 aliphatic carbocycles. The Morgan fingerprint density at radius 1 is 1.06 bits per heavy atom. The van der Waals surface area contributed by atoms with Crippen molar-refractivity contribution in [3.63, 3.8) is 0 Å². The Kier molecular flexibility index (Phi) is 6.18. The standard InChI is InChI=1S/C24H34N6O/c31-22(10-9-18-6-1-2-7-18)30-15-5-8-19(17-30)23-20(16-26-28-23)21-11-12-25-24(27-21)29-13-3-4-14-29/h11-12,16,18-19H,1-10,13-15,17H2,(H,26,28). The largest absolute Gasteiger partial charge is 0.342 e. The fourth-order valence-electron chi connectivity index (χ4n) is 5.60. The van der Waals surface area contributed by atoms with Gasteiger partial charge < -0.3 is 9.80 Å². The lowest BCUT2D eigenvalue weighted by Crippen LogP contribution is -2.39. The van der Waals surface area contributed by atoms with E-state index in [9.17, 15) is 4.79 Å². The van der Waals surface area contributed by atoms with Crippen molar-refractivity contribution in [1.82, 2.24) is 25.1 Å². The molecule has 5 rings (SSSR count). The van der Waals surface area contributed by atoms with Crippen LogP contribution in [-0.4, -0.2) is 57.2 Å². The van der Waals surface area contributed by atoms with Crippen molar-refractivity contribution in [1.29, 1.82) is 0 Å². The van der Waals surface area contributed by atoms with Crippen molar-refractivity contribution in [3.05, 3.63) is 24.2 Å². The van der Waals surface area contributed by atoms with Gasteiger partial charge in [0.15, 0.2) is 0 Å². The van der Waals surface area contributed by atoms with Gasteiger partial charge in [-0.15, -0.1) is 0 Å². The van der Waals surface area contributed by atoms with Gasteiger partial charge in [0, 0.05) is 56.0 Å². The van der Waals surface area contributed by atoms with E-state index in [1.165, 1.54) is 38.5 Å². The number of rotatable bonds is 6. The fourth-order valence-corrected chi connectivity index (χ4v) is 5.60. The van der Waals surface area contributed by atoms with Gasteiger partial charge in [-0.2, -0.15) is 5.10 Å². The summed E-state index contributed by atoms with van der Waals surface area (Å²) in [6.07, 6.45) is 15.3. The number of amides is 1. The Balaban J connectivity index is 1.27. The number of likely N-dealkylation sites (tertiary alicyclic amines) is 1. The van der Waals surface area contributed by atoms with Crippen LogP contribution in [0.15, 0.2) is 18.5 Å². The number of H-pyrrole nitrogens is 1. The van der Waals surface area contributed by atoms with Gasteiger partial charge in [0.25, 0.3) is 0 Å². The number of hydrogen-bond donors (Lipinski definition) is 1. The highest BCUT2D eigenvalue weighted by molar-refractivity contribution is 5.76.